The third kappa shape index (κ3) is 4.57. The fourth-order valence-electron chi connectivity index (χ4n) is 2.74. The Morgan fingerprint density at radius 1 is 1.15 bits per heavy atom. The minimum atomic E-state index is 1.02. The first-order valence-corrected chi connectivity index (χ1v) is 9.19. The van der Waals surface area contributed by atoms with Crippen LogP contribution in [-0.2, 0) is 6.54 Å². The number of aryl methyl sites for hydroxylation is 1. The molecular formula is C16H26IN3. The van der Waals surface area contributed by atoms with Crippen LogP contribution in [0.1, 0.15) is 76.8 Å². The maximum atomic E-state index is 4.40. The van der Waals surface area contributed by atoms with Gasteiger partial charge < -0.3 is 0 Å². The first-order valence-electron chi connectivity index (χ1n) is 8.11. The SMILES string of the molecule is CCCCCCCCn1nnc(C2=CCCCC2)c1I. The molecule has 0 radical (unpaired) electrons. The minimum Gasteiger partial charge on any atom is -0.239 e. The Balaban J connectivity index is 1.81. The van der Waals surface area contributed by atoms with Crippen molar-refractivity contribution in [3.63, 3.8) is 0 Å². The van der Waals surface area contributed by atoms with E-state index in [4.69, 9.17) is 0 Å². The number of rotatable bonds is 8. The molecule has 1 aromatic heterocycles. The van der Waals surface area contributed by atoms with Crippen LogP contribution >= 0.6 is 22.6 Å². The highest BCUT2D eigenvalue weighted by Crippen LogP contribution is 2.28. The predicted molar refractivity (Wildman–Crippen MR) is 92.6 cm³/mol. The van der Waals surface area contributed by atoms with Gasteiger partial charge in [0.05, 0.1) is 0 Å². The quantitative estimate of drug-likeness (QED) is 0.453. The van der Waals surface area contributed by atoms with Gasteiger partial charge in [-0.25, -0.2) is 4.68 Å². The van der Waals surface area contributed by atoms with Crippen LogP contribution in [0.4, 0.5) is 0 Å². The fourth-order valence-corrected chi connectivity index (χ4v) is 3.53. The molecule has 0 unspecified atom stereocenters. The van der Waals surface area contributed by atoms with Gasteiger partial charge in [0.25, 0.3) is 0 Å². The number of allylic oxidation sites excluding steroid dienone is 2. The molecule has 1 aliphatic carbocycles. The van der Waals surface area contributed by atoms with Crippen LogP contribution in [-0.4, -0.2) is 15.0 Å². The molecule has 1 heterocycles. The number of aromatic nitrogens is 3. The monoisotopic (exact) mass is 387 g/mol. The van der Waals surface area contributed by atoms with E-state index in [2.05, 4.69) is 50.6 Å². The van der Waals surface area contributed by atoms with Crippen LogP contribution in [0.15, 0.2) is 6.08 Å². The van der Waals surface area contributed by atoms with Gasteiger partial charge in [0.2, 0.25) is 0 Å². The van der Waals surface area contributed by atoms with Crippen LogP contribution in [0.2, 0.25) is 0 Å². The standard InChI is InChI=1S/C16H26IN3/c1-2-3-4-5-6-10-13-20-16(17)15(18-19-20)14-11-8-7-9-12-14/h11H,2-10,12-13H2,1H3. The fraction of sp³-hybridized carbons (Fsp3) is 0.750. The van der Waals surface area contributed by atoms with E-state index in [1.165, 1.54) is 73.5 Å². The molecule has 2 rings (SSSR count). The van der Waals surface area contributed by atoms with Gasteiger partial charge in [-0.3, -0.25) is 0 Å². The summed E-state index contributed by atoms with van der Waals surface area (Å²) in [6, 6.07) is 0. The Kier molecular flexibility index (Phi) is 7.03. The summed E-state index contributed by atoms with van der Waals surface area (Å²) in [5.74, 6) is 0. The van der Waals surface area contributed by atoms with Crippen molar-refractivity contribution in [3.8, 4) is 0 Å². The molecule has 0 aliphatic heterocycles. The lowest BCUT2D eigenvalue weighted by molar-refractivity contribution is 0.510. The van der Waals surface area contributed by atoms with E-state index >= 15 is 0 Å². The number of nitrogens with zero attached hydrogens (tertiary/aromatic N) is 3. The highest BCUT2D eigenvalue weighted by atomic mass is 127. The van der Waals surface area contributed by atoms with Gasteiger partial charge in [-0.05, 0) is 60.3 Å². The van der Waals surface area contributed by atoms with Crippen LogP contribution < -0.4 is 0 Å². The topological polar surface area (TPSA) is 30.7 Å². The van der Waals surface area contributed by atoms with Crippen LogP contribution in [0.3, 0.4) is 0 Å². The Hall–Kier alpha value is -0.390. The molecule has 0 atom stereocenters. The Morgan fingerprint density at radius 3 is 2.70 bits per heavy atom. The van der Waals surface area contributed by atoms with Gasteiger partial charge >= 0.3 is 0 Å². The number of halogens is 1. The van der Waals surface area contributed by atoms with E-state index in [1.54, 1.807) is 0 Å². The van der Waals surface area contributed by atoms with Crippen LogP contribution in [0, 0.1) is 3.70 Å². The molecule has 1 aromatic rings. The molecule has 1 aliphatic rings. The first-order chi connectivity index (χ1) is 9.83. The van der Waals surface area contributed by atoms with E-state index in [9.17, 15) is 0 Å². The zero-order valence-corrected chi connectivity index (χ0v) is 14.7. The summed E-state index contributed by atoms with van der Waals surface area (Å²) in [5.41, 5.74) is 2.55. The molecule has 4 heteroatoms. The zero-order valence-electron chi connectivity index (χ0n) is 12.6. The van der Waals surface area contributed by atoms with Gasteiger partial charge in [0, 0.05) is 6.54 Å². The lowest BCUT2D eigenvalue weighted by Crippen LogP contribution is -2.03. The van der Waals surface area contributed by atoms with Gasteiger partial charge in [0.1, 0.15) is 9.39 Å². The molecule has 0 saturated heterocycles. The van der Waals surface area contributed by atoms with E-state index in [0.29, 0.717) is 0 Å². The van der Waals surface area contributed by atoms with Crippen molar-refractivity contribution in [2.45, 2.75) is 77.7 Å². The van der Waals surface area contributed by atoms with E-state index in [1.807, 2.05) is 0 Å². The van der Waals surface area contributed by atoms with Crippen molar-refractivity contribution < 1.29 is 0 Å². The summed E-state index contributed by atoms with van der Waals surface area (Å²) >= 11 is 2.41. The lowest BCUT2D eigenvalue weighted by atomic mass is 9.98. The highest BCUT2D eigenvalue weighted by molar-refractivity contribution is 14.1. The molecule has 0 fully saturated rings. The second-order valence-corrected chi connectivity index (χ2v) is 6.72. The maximum Gasteiger partial charge on any atom is 0.127 e. The Bertz CT molecular complexity index is 437. The van der Waals surface area contributed by atoms with Crippen molar-refractivity contribution in [1.29, 1.82) is 0 Å². The van der Waals surface area contributed by atoms with Gasteiger partial charge in [-0.1, -0.05) is 50.3 Å². The van der Waals surface area contributed by atoms with E-state index in [0.717, 1.165) is 12.2 Å². The normalized spacial score (nSPS) is 15.4. The first kappa shape index (κ1) is 16.0. The van der Waals surface area contributed by atoms with Crippen molar-refractivity contribution in [2.75, 3.05) is 0 Å². The molecule has 0 spiro atoms. The molecule has 0 amide bonds. The van der Waals surface area contributed by atoms with Crippen molar-refractivity contribution in [3.05, 3.63) is 15.5 Å². The Morgan fingerprint density at radius 2 is 1.95 bits per heavy atom. The molecule has 20 heavy (non-hydrogen) atoms. The van der Waals surface area contributed by atoms with Crippen molar-refractivity contribution in [2.24, 2.45) is 0 Å². The number of unbranched alkanes of at least 4 members (excludes halogenated alkanes) is 5. The van der Waals surface area contributed by atoms with Gasteiger partial charge in [0.15, 0.2) is 0 Å². The van der Waals surface area contributed by atoms with Gasteiger partial charge in [-0.15, -0.1) is 5.10 Å². The minimum absolute atomic E-state index is 1.02. The second-order valence-electron chi connectivity index (χ2n) is 5.69. The van der Waals surface area contributed by atoms with Crippen molar-refractivity contribution in [1.82, 2.24) is 15.0 Å². The van der Waals surface area contributed by atoms with Crippen LogP contribution in [0.5, 0.6) is 0 Å². The van der Waals surface area contributed by atoms with Crippen molar-refractivity contribution >= 4 is 28.2 Å². The molecule has 0 bridgehead atoms. The summed E-state index contributed by atoms with van der Waals surface area (Å²) in [6.45, 7) is 3.28. The summed E-state index contributed by atoms with van der Waals surface area (Å²) < 4.78 is 3.31. The molecule has 0 saturated carbocycles. The average molecular weight is 387 g/mol. The molecule has 112 valence electrons. The third-order valence-corrected chi connectivity index (χ3v) is 5.06. The lowest BCUT2D eigenvalue weighted by Gasteiger charge is -2.10. The summed E-state index contributed by atoms with van der Waals surface area (Å²) in [7, 11) is 0. The molecule has 0 N–H and O–H groups in total. The molecular weight excluding hydrogens is 361 g/mol. The molecule has 0 aromatic carbocycles. The third-order valence-electron chi connectivity index (χ3n) is 3.99. The second kappa shape index (κ2) is 8.80. The number of hydrogen-bond donors (Lipinski definition) is 0. The largest absolute Gasteiger partial charge is 0.239 e. The van der Waals surface area contributed by atoms with Gasteiger partial charge in [-0.2, -0.15) is 0 Å². The zero-order chi connectivity index (χ0) is 14.2. The summed E-state index contributed by atoms with van der Waals surface area (Å²) in [6.07, 6.45) is 15.3. The van der Waals surface area contributed by atoms with E-state index < -0.39 is 0 Å². The predicted octanol–water partition coefficient (Wildman–Crippen LogP) is 5.20. The average Bonchev–Trinajstić information content (AvgIpc) is 2.85. The number of hydrogen-bond acceptors (Lipinski definition) is 2. The smallest absolute Gasteiger partial charge is 0.127 e. The van der Waals surface area contributed by atoms with Crippen LogP contribution in [0.25, 0.3) is 5.57 Å². The Labute approximate surface area is 136 Å². The maximum absolute atomic E-state index is 4.40. The van der Waals surface area contributed by atoms with E-state index in [-0.39, 0.29) is 0 Å². The highest BCUT2D eigenvalue weighted by Gasteiger charge is 2.15. The summed E-state index contributed by atoms with van der Waals surface area (Å²) in [5, 5.41) is 8.75. The molecule has 3 nitrogen and oxygen atoms in total. The summed E-state index contributed by atoms with van der Waals surface area (Å²) in [4.78, 5) is 0.